The highest BCUT2D eigenvalue weighted by atomic mass is 14.7. The summed E-state index contributed by atoms with van der Waals surface area (Å²) < 4.78 is 0. The number of rotatable bonds is 3. The highest BCUT2D eigenvalue weighted by Crippen LogP contribution is 2.24. The summed E-state index contributed by atoms with van der Waals surface area (Å²) in [6.07, 6.45) is 3.62. The maximum absolute atomic E-state index is 6.10. The number of pyridine rings is 1. The van der Waals surface area contributed by atoms with E-state index in [0.29, 0.717) is 11.8 Å². The zero-order valence-electron chi connectivity index (χ0n) is 8.57. The third-order valence-corrected chi connectivity index (χ3v) is 2.69. The van der Waals surface area contributed by atoms with E-state index in [2.05, 4.69) is 25.8 Å². The maximum atomic E-state index is 6.10. The van der Waals surface area contributed by atoms with Crippen LogP contribution in [0.5, 0.6) is 0 Å². The molecule has 0 aromatic carbocycles. The van der Waals surface area contributed by atoms with Crippen LogP contribution in [0.15, 0.2) is 24.5 Å². The van der Waals surface area contributed by atoms with Crippen LogP contribution in [0.4, 0.5) is 0 Å². The van der Waals surface area contributed by atoms with Crippen LogP contribution in [0.1, 0.15) is 32.4 Å². The van der Waals surface area contributed by atoms with Gasteiger partial charge in [-0.3, -0.25) is 4.98 Å². The van der Waals surface area contributed by atoms with Gasteiger partial charge >= 0.3 is 0 Å². The van der Waals surface area contributed by atoms with Gasteiger partial charge in [0.05, 0.1) is 0 Å². The second-order valence-electron chi connectivity index (χ2n) is 3.92. The molecule has 0 saturated heterocycles. The van der Waals surface area contributed by atoms with E-state index in [9.17, 15) is 0 Å². The van der Waals surface area contributed by atoms with E-state index in [1.165, 1.54) is 0 Å². The molecule has 1 aromatic heterocycles. The molecular formula is C11H18N2. The summed E-state index contributed by atoms with van der Waals surface area (Å²) in [7, 11) is 0. The molecule has 0 spiro atoms. The third kappa shape index (κ3) is 2.52. The topological polar surface area (TPSA) is 38.9 Å². The van der Waals surface area contributed by atoms with Gasteiger partial charge in [-0.25, -0.2) is 0 Å². The fourth-order valence-corrected chi connectivity index (χ4v) is 1.29. The molecule has 0 aliphatic rings. The number of hydrogen-bond acceptors (Lipinski definition) is 2. The Balaban J connectivity index is 2.73. The second kappa shape index (κ2) is 4.38. The minimum absolute atomic E-state index is 0.105. The van der Waals surface area contributed by atoms with Crippen molar-refractivity contribution >= 4 is 0 Å². The minimum Gasteiger partial charge on any atom is -0.324 e. The van der Waals surface area contributed by atoms with Gasteiger partial charge in [-0.1, -0.05) is 26.8 Å². The lowest BCUT2D eigenvalue weighted by Crippen LogP contribution is -2.23. The molecule has 2 unspecified atom stereocenters. The van der Waals surface area contributed by atoms with Crippen LogP contribution in [-0.2, 0) is 0 Å². The van der Waals surface area contributed by atoms with Gasteiger partial charge in [0.1, 0.15) is 0 Å². The highest BCUT2D eigenvalue weighted by molar-refractivity contribution is 5.14. The molecule has 0 aliphatic carbocycles. The van der Waals surface area contributed by atoms with Crippen LogP contribution in [0.25, 0.3) is 0 Å². The van der Waals surface area contributed by atoms with Gasteiger partial charge in [-0.05, 0) is 23.5 Å². The van der Waals surface area contributed by atoms with Crippen molar-refractivity contribution in [1.82, 2.24) is 4.98 Å². The Morgan fingerprint density at radius 1 is 1.31 bits per heavy atom. The Labute approximate surface area is 80.2 Å². The Kier molecular flexibility index (Phi) is 3.43. The average molecular weight is 178 g/mol. The monoisotopic (exact) mass is 178 g/mol. The number of nitrogens with two attached hydrogens (primary N) is 1. The van der Waals surface area contributed by atoms with Crippen LogP contribution < -0.4 is 5.73 Å². The number of hydrogen-bond donors (Lipinski definition) is 1. The lowest BCUT2D eigenvalue weighted by atomic mass is 9.87. The third-order valence-electron chi connectivity index (χ3n) is 2.69. The van der Waals surface area contributed by atoms with E-state index in [-0.39, 0.29) is 6.04 Å². The first-order chi connectivity index (χ1) is 6.13. The van der Waals surface area contributed by atoms with Crippen molar-refractivity contribution in [3.8, 4) is 0 Å². The minimum atomic E-state index is 0.105. The highest BCUT2D eigenvalue weighted by Gasteiger charge is 2.17. The zero-order valence-corrected chi connectivity index (χ0v) is 8.57. The van der Waals surface area contributed by atoms with E-state index < -0.39 is 0 Å². The van der Waals surface area contributed by atoms with E-state index in [1.807, 2.05) is 18.3 Å². The molecule has 1 rings (SSSR count). The lowest BCUT2D eigenvalue weighted by Gasteiger charge is -2.23. The van der Waals surface area contributed by atoms with Crippen LogP contribution in [0, 0.1) is 11.8 Å². The molecule has 1 aromatic rings. The predicted octanol–water partition coefficient (Wildman–Crippen LogP) is 2.37. The molecule has 2 atom stereocenters. The maximum Gasteiger partial charge on any atom is 0.0338 e. The Bertz CT molecular complexity index is 244. The average Bonchev–Trinajstić information content (AvgIpc) is 2.17. The Morgan fingerprint density at radius 3 is 2.46 bits per heavy atom. The smallest absolute Gasteiger partial charge is 0.0338 e. The normalized spacial score (nSPS) is 15.8. The first-order valence-electron chi connectivity index (χ1n) is 4.78. The van der Waals surface area contributed by atoms with Gasteiger partial charge in [0, 0.05) is 18.4 Å². The van der Waals surface area contributed by atoms with Gasteiger partial charge in [0.2, 0.25) is 0 Å². The fourth-order valence-electron chi connectivity index (χ4n) is 1.29. The van der Waals surface area contributed by atoms with Crippen molar-refractivity contribution < 1.29 is 0 Å². The second-order valence-corrected chi connectivity index (χ2v) is 3.92. The largest absolute Gasteiger partial charge is 0.324 e. The quantitative estimate of drug-likeness (QED) is 0.771. The van der Waals surface area contributed by atoms with Crippen molar-refractivity contribution in [3.63, 3.8) is 0 Å². The molecule has 0 radical (unpaired) electrons. The van der Waals surface area contributed by atoms with Gasteiger partial charge < -0.3 is 5.73 Å². The Morgan fingerprint density at radius 2 is 2.00 bits per heavy atom. The molecule has 2 nitrogen and oxygen atoms in total. The molecule has 1 heterocycles. The van der Waals surface area contributed by atoms with Crippen molar-refractivity contribution in [2.45, 2.75) is 26.8 Å². The van der Waals surface area contributed by atoms with E-state index in [4.69, 9.17) is 5.73 Å². The summed E-state index contributed by atoms with van der Waals surface area (Å²) in [5.41, 5.74) is 7.23. The van der Waals surface area contributed by atoms with Crippen molar-refractivity contribution in [2.75, 3.05) is 0 Å². The summed E-state index contributed by atoms with van der Waals surface area (Å²) >= 11 is 0. The van der Waals surface area contributed by atoms with Gasteiger partial charge in [0.25, 0.3) is 0 Å². The summed E-state index contributed by atoms with van der Waals surface area (Å²) in [5.74, 6) is 1.10. The van der Waals surface area contributed by atoms with Crippen molar-refractivity contribution in [1.29, 1.82) is 0 Å². The molecule has 72 valence electrons. The molecule has 13 heavy (non-hydrogen) atoms. The summed E-state index contributed by atoms with van der Waals surface area (Å²) in [4.78, 5) is 4.07. The van der Waals surface area contributed by atoms with E-state index in [1.54, 1.807) is 6.20 Å². The first kappa shape index (κ1) is 10.2. The summed E-state index contributed by atoms with van der Waals surface area (Å²) in [6, 6.07) is 4.08. The Hall–Kier alpha value is -0.890. The first-order valence-corrected chi connectivity index (χ1v) is 4.78. The summed E-state index contributed by atoms with van der Waals surface area (Å²) in [6.45, 7) is 6.57. The molecule has 0 bridgehead atoms. The lowest BCUT2D eigenvalue weighted by molar-refractivity contribution is 0.352. The fraction of sp³-hybridized carbons (Fsp3) is 0.545. The predicted molar refractivity (Wildman–Crippen MR) is 55.2 cm³/mol. The van der Waals surface area contributed by atoms with E-state index >= 15 is 0 Å². The van der Waals surface area contributed by atoms with Crippen LogP contribution in [-0.4, -0.2) is 4.98 Å². The van der Waals surface area contributed by atoms with Crippen LogP contribution >= 0.6 is 0 Å². The zero-order chi connectivity index (χ0) is 9.84. The molecule has 2 N–H and O–H groups in total. The van der Waals surface area contributed by atoms with Crippen LogP contribution in [0.3, 0.4) is 0 Å². The SMILES string of the molecule is CC(C)C(C)C(N)c1cccnc1. The molecule has 0 fully saturated rings. The molecular weight excluding hydrogens is 160 g/mol. The van der Waals surface area contributed by atoms with E-state index in [0.717, 1.165) is 5.56 Å². The molecule has 0 aliphatic heterocycles. The molecule has 0 saturated carbocycles. The van der Waals surface area contributed by atoms with Gasteiger partial charge in [-0.2, -0.15) is 0 Å². The van der Waals surface area contributed by atoms with Crippen LogP contribution in [0.2, 0.25) is 0 Å². The van der Waals surface area contributed by atoms with Gasteiger partial charge in [-0.15, -0.1) is 0 Å². The number of aromatic nitrogens is 1. The standard InChI is InChI=1S/C11H18N2/c1-8(2)9(3)11(12)10-5-4-6-13-7-10/h4-9,11H,12H2,1-3H3. The van der Waals surface area contributed by atoms with Crippen molar-refractivity contribution in [3.05, 3.63) is 30.1 Å². The summed E-state index contributed by atoms with van der Waals surface area (Å²) in [5, 5.41) is 0. The van der Waals surface area contributed by atoms with Gasteiger partial charge in [0.15, 0.2) is 0 Å². The molecule has 2 heteroatoms. The molecule has 0 amide bonds. The van der Waals surface area contributed by atoms with Crippen molar-refractivity contribution in [2.24, 2.45) is 17.6 Å². The number of nitrogens with zero attached hydrogens (tertiary/aromatic N) is 1.